The van der Waals surface area contributed by atoms with Crippen LogP contribution in [0.5, 0.6) is 0 Å². The van der Waals surface area contributed by atoms with E-state index in [1.165, 1.54) is 18.4 Å². The first-order valence-corrected chi connectivity index (χ1v) is 6.33. The fourth-order valence-corrected chi connectivity index (χ4v) is 3.63. The van der Waals surface area contributed by atoms with Gasteiger partial charge >= 0.3 is 0 Å². The van der Waals surface area contributed by atoms with Crippen molar-refractivity contribution in [1.82, 2.24) is 0 Å². The third-order valence-electron chi connectivity index (χ3n) is 4.48. The van der Waals surface area contributed by atoms with Crippen molar-refractivity contribution in [3.63, 3.8) is 0 Å². The molecule has 0 radical (unpaired) electrons. The Morgan fingerprint density at radius 3 is 2.65 bits per heavy atom. The van der Waals surface area contributed by atoms with Crippen LogP contribution in [0.25, 0.3) is 0 Å². The smallest absolute Gasteiger partial charge is 0.0942 e. The molecule has 1 spiro atoms. The number of fused-ring (bicyclic) bond motifs is 1. The van der Waals surface area contributed by atoms with Crippen molar-refractivity contribution < 1.29 is 0 Å². The monoisotopic (exact) mass is 224 g/mol. The topological polar surface area (TPSA) is 47.6 Å². The molecule has 1 aromatic carbocycles. The molecule has 2 aliphatic carbocycles. The van der Waals surface area contributed by atoms with E-state index >= 15 is 0 Å². The molecular weight excluding hydrogens is 208 g/mol. The van der Waals surface area contributed by atoms with E-state index < -0.39 is 0 Å². The van der Waals surface area contributed by atoms with Gasteiger partial charge in [-0.25, -0.2) is 0 Å². The fourth-order valence-electron chi connectivity index (χ4n) is 3.63. The minimum absolute atomic E-state index is 0.0696. The Kier molecular flexibility index (Phi) is 2.29. The summed E-state index contributed by atoms with van der Waals surface area (Å²) in [5, 5.41) is 17.7. The van der Waals surface area contributed by atoms with Gasteiger partial charge in [0.05, 0.1) is 17.7 Å². The fraction of sp³-hybridized carbons (Fsp3) is 0.467. The van der Waals surface area contributed by atoms with Crippen LogP contribution in [0.3, 0.4) is 0 Å². The molecule has 0 amide bonds. The van der Waals surface area contributed by atoms with Gasteiger partial charge in [-0.1, -0.05) is 37.1 Å². The zero-order valence-corrected chi connectivity index (χ0v) is 9.87. The molecule has 1 fully saturated rings. The minimum Gasteiger partial charge on any atom is -0.303 e. The number of rotatable bonds is 0. The van der Waals surface area contributed by atoms with Gasteiger partial charge in [0.15, 0.2) is 0 Å². The van der Waals surface area contributed by atoms with Crippen molar-refractivity contribution in [2.45, 2.75) is 32.1 Å². The molecule has 2 nitrogen and oxygen atoms in total. The summed E-state index contributed by atoms with van der Waals surface area (Å²) < 4.78 is 0. The Morgan fingerprint density at radius 1 is 1.24 bits per heavy atom. The predicted octanol–water partition coefficient (Wildman–Crippen LogP) is 3.31. The van der Waals surface area contributed by atoms with E-state index in [1.807, 2.05) is 18.2 Å². The summed E-state index contributed by atoms with van der Waals surface area (Å²) >= 11 is 0. The first-order valence-electron chi connectivity index (χ1n) is 6.33. The van der Waals surface area contributed by atoms with Gasteiger partial charge in [0.25, 0.3) is 0 Å². The quantitative estimate of drug-likeness (QED) is 0.722. The molecule has 0 unspecified atom stereocenters. The number of nitrogens with one attached hydrogen (secondary N) is 1. The summed E-state index contributed by atoms with van der Waals surface area (Å²) in [5.41, 5.74) is 2.89. The molecule has 1 atom stereocenters. The van der Waals surface area contributed by atoms with Gasteiger partial charge in [-0.05, 0) is 35.8 Å². The third kappa shape index (κ3) is 1.42. The first kappa shape index (κ1) is 10.5. The largest absolute Gasteiger partial charge is 0.303 e. The number of benzene rings is 1. The van der Waals surface area contributed by atoms with E-state index in [9.17, 15) is 5.26 Å². The second kappa shape index (κ2) is 3.70. The highest BCUT2D eigenvalue weighted by Crippen LogP contribution is 2.50. The zero-order valence-electron chi connectivity index (χ0n) is 9.87. The van der Waals surface area contributed by atoms with Gasteiger partial charge in [0, 0.05) is 0 Å². The average Bonchev–Trinajstić information content (AvgIpc) is 2.79. The first-order chi connectivity index (χ1) is 8.27. The van der Waals surface area contributed by atoms with E-state index in [0.717, 1.165) is 24.8 Å². The zero-order chi connectivity index (χ0) is 11.9. The summed E-state index contributed by atoms with van der Waals surface area (Å²) in [6, 6.07) is 10.5. The van der Waals surface area contributed by atoms with Crippen LogP contribution in [0.1, 0.15) is 36.8 Å². The molecule has 86 valence electrons. The molecule has 2 aliphatic rings. The van der Waals surface area contributed by atoms with Crippen molar-refractivity contribution in [3.8, 4) is 6.07 Å². The Bertz CT molecular complexity index is 504. The van der Waals surface area contributed by atoms with Crippen molar-refractivity contribution in [3.05, 3.63) is 35.4 Å². The highest BCUT2D eigenvalue weighted by atomic mass is 14.6. The molecule has 17 heavy (non-hydrogen) atoms. The van der Waals surface area contributed by atoms with Crippen LogP contribution in [0.15, 0.2) is 24.3 Å². The van der Waals surface area contributed by atoms with Crippen molar-refractivity contribution in [2.75, 3.05) is 0 Å². The Labute approximate surface area is 102 Å². The lowest BCUT2D eigenvalue weighted by atomic mass is 9.63. The summed E-state index contributed by atoms with van der Waals surface area (Å²) in [7, 11) is 0. The van der Waals surface area contributed by atoms with Crippen LogP contribution in [-0.2, 0) is 6.42 Å². The highest BCUT2D eigenvalue weighted by molar-refractivity contribution is 6.04. The normalized spacial score (nSPS) is 25.6. The Balaban J connectivity index is 2.12. The molecule has 1 aromatic rings. The molecule has 0 saturated heterocycles. The van der Waals surface area contributed by atoms with E-state index in [0.29, 0.717) is 5.71 Å². The molecular formula is C15H16N2. The minimum atomic E-state index is -0.195. The Hall–Kier alpha value is -1.62. The maximum Gasteiger partial charge on any atom is 0.0942 e. The number of hydrogen-bond acceptors (Lipinski definition) is 2. The Morgan fingerprint density at radius 2 is 1.94 bits per heavy atom. The maximum absolute atomic E-state index is 9.42. The average molecular weight is 224 g/mol. The molecule has 0 bridgehead atoms. The predicted molar refractivity (Wildman–Crippen MR) is 67.0 cm³/mol. The van der Waals surface area contributed by atoms with Crippen molar-refractivity contribution in [1.29, 1.82) is 10.7 Å². The van der Waals surface area contributed by atoms with E-state index in [1.54, 1.807) is 0 Å². The van der Waals surface area contributed by atoms with Crippen LogP contribution < -0.4 is 0 Å². The summed E-state index contributed by atoms with van der Waals surface area (Å²) in [6.45, 7) is 0. The summed E-state index contributed by atoms with van der Waals surface area (Å²) in [6.07, 6.45) is 5.65. The highest BCUT2D eigenvalue weighted by Gasteiger charge is 2.47. The van der Waals surface area contributed by atoms with E-state index in [-0.39, 0.29) is 11.3 Å². The number of nitriles is 1. The lowest BCUT2D eigenvalue weighted by Crippen LogP contribution is -2.39. The van der Waals surface area contributed by atoms with Crippen LogP contribution >= 0.6 is 0 Å². The molecule has 0 aliphatic heterocycles. The van der Waals surface area contributed by atoms with Gasteiger partial charge in [0.1, 0.15) is 0 Å². The SMILES string of the molecule is N#C[C@@H]1C(=N)c2ccccc2CC12CCCC2. The lowest BCUT2D eigenvalue weighted by molar-refractivity contribution is 0.251. The molecule has 2 heteroatoms. The van der Waals surface area contributed by atoms with E-state index in [2.05, 4.69) is 12.1 Å². The van der Waals surface area contributed by atoms with Crippen LogP contribution in [0, 0.1) is 28.1 Å². The summed E-state index contributed by atoms with van der Waals surface area (Å²) in [4.78, 5) is 0. The third-order valence-corrected chi connectivity index (χ3v) is 4.48. The van der Waals surface area contributed by atoms with Crippen LogP contribution in [0.4, 0.5) is 0 Å². The van der Waals surface area contributed by atoms with Gasteiger partial charge < -0.3 is 5.41 Å². The van der Waals surface area contributed by atoms with Crippen LogP contribution in [0.2, 0.25) is 0 Å². The lowest BCUT2D eigenvalue weighted by Gasteiger charge is -2.39. The second-order valence-corrected chi connectivity index (χ2v) is 5.38. The van der Waals surface area contributed by atoms with Crippen molar-refractivity contribution in [2.24, 2.45) is 11.3 Å². The number of hydrogen-bond donors (Lipinski definition) is 1. The summed E-state index contributed by atoms with van der Waals surface area (Å²) in [5.74, 6) is -0.195. The second-order valence-electron chi connectivity index (χ2n) is 5.38. The number of nitrogens with zero attached hydrogens (tertiary/aromatic N) is 1. The van der Waals surface area contributed by atoms with Crippen LogP contribution in [-0.4, -0.2) is 5.71 Å². The van der Waals surface area contributed by atoms with Gasteiger partial charge in [-0.2, -0.15) is 5.26 Å². The van der Waals surface area contributed by atoms with Crippen molar-refractivity contribution >= 4 is 5.71 Å². The standard InChI is InChI=1S/C15H16N2/c16-10-13-14(17)12-6-2-1-5-11(12)9-15(13)7-3-4-8-15/h1-2,5-6,13,17H,3-4,7-9H2/t13-/m1/s1. The van der Waals surface area contributed by atoms with E-state index in [4.69, 9.17) is 5.41 Å². The molecule has 1 saturated carbocycles. The molecule has 1 N–H and O–H groups in total. The van der Waals surface area contributed by atoms with Gasteiger partial charge in [-0.3, -0.25) is 0 Å². The van der Waals surface area contributed by atoms with Gasteiger partial charge in [0.2, 0.25) is 0 Å². The van der Waals surface area contributed by atoms with Gasteiger partial charge in [-0.15, -0.1) is 0 Å². The molecule has 0 aromatic heterocycles. The molecule has 3 rings (SSSR count). The maximum atomic E-state index is 9.42. The molecule has 0 heterocycles.